The highest BCUT2D eigenvalue weighted by molar-refractivity contribution is 5.89. The van der Waals surface area contributed by atoms with Crippen LogP contribution in [0.3, 0.4) is 0 Å². The van der Waals surface area contributed by atoms with Crippen molar-refractivity contribution in [3.05, 3.63) is 65.7 Å². The molecule has 2 N–H and O–H groups in total. The molecule has 2 saturated heterocycles. The lowest BCUT2D eigenvalue weighted by Gasteiger charge is -2.39. The molecule has 2 bridgehead atoms. The minimum Gasteiger partial charge on any atom is -0.335 e. The number of urea groups is 1. The van der Waals surface area contributed by atoms with Gasteiger partial charge in [-0.05, 0) is 50.3 Å². The molecule has 2 amide bonds. The number of nitrogens with zero attached hydrogens (tertiary/aromatic N) is 1. The van der Waals surface area contributed by atoms with Crippen LogP contribution in [-0.4, -0.2) is 29.1 Å². The first-order valence-corrected chi connectivity index (χ1v) is 9.61. The van der Waals surface area contributed by atoms with Crippen molar-refractivity contribution in [1.82, 2.24) is 10.2 Å². The Morgan fingerprint density at radius 3 is 2.31 bits per heavy atom. The van der Waals surface area contributed by atoms with Gasteiger partial charge in [-0.1, -0.05) is 48.0 Å². The number of anilines is 1. The monoisotopic (exact) mass is 349 g/mol. The first-order valence-electron chi connectivity index (χ1n) is 9.61. The minimum atomic E-state index is -0.0882. The fourth-order valence-corrected chi connectivity index (χ4v) is 4.43. The summed E-state index contributed by atoms with van der Waals surface area (Å²) in [5.74, 6) is 0. The van der Waals surface area contributed by atoms with Crippen LogP contribution in [-0.2, 0) is 6.54 Å². The van der Waals surface area contributed by atoms with Crippen molar-refractivity contribution in [1.29, 1.82) is 0 Å². The molecular formula is C22H27N3O. The predicted octanol–water partition coefficient (Wildman–Crippen LogP) is 4.31. The van der Waals surface area contributed by atoms with E-state index in [1.54, 1.807) is 0 Å². The number of amides is 2. The highest BCUT2D eigenvalue weighted by Gasteiger charge is 2.40. The highest BCUT2D eigenvalue weighted by atomic mass is 16.2. The normalized spacial score (nSPS) is 25.0. The minimum absolute atomic E-state index is 0.0882. The van der Waals surface area contributed by atoms with Crippen LogP contribution in [0.25, 0.3) is 0 Å². The number of carbonyl (C=O) groups is 1. The number of aryl methyl sites for hydroxylation is 1. The van der Waals surface area contributed by atoms with Gasteiger partial charge in [0.05, 0.1) is 0 Å². The molecule has 2 heterocycles. The van der Waals surface area contributed by atoms with Gasteiger partial charge in [0.15, 0.2) is 0 Å². The van der Waals surface area contributed by atoms with Crippen LogP contribution in [0, 0.1) is 6.92 Å². The van der Waals surface area contributed by atoms with E-state index in [1.165, 1.54) is 24.0 Å². The molecule has 2 fully saturated rings. The third kappa shape index (κ3) is 3.91. The molecule has 2 unspecified atom stereocenters. The maximum atomic E-state index is 12.3. The Hall–Kier alpha value is -2.33. The van der Waals surface area contributed by atoms with Gasteiger partial charge in [0.1, 0.15) is 0 Å². The Labute approximate surface area is 155 Å². The molecule has 4 rings (SSSR count). The summed E-state index contributed by atoms with van der Waals surface area (Å²) in [5, 5.41) is 6.14. The number of piperidine rings is 1. The predicted molar refractivity (Wildman–Crippen MR) is 105 cm³/mol. The highest BCUT2D eigenvalue weighted by Crippen LogP contribution is 2.36. The van der Waals surface area contributed by atoms with Gasteiger partial charge in [-0.25, -0.2) is 4.79 Å². The van der Waals surface area contributed by atoms with Crippen molar-refractivity contribution in [3.8, 4) is 0 Å². The van der Waals surface area contributed by atoms with Gasteiger partial charge in [0.25, 0.3) is 0 Å². The number of carbonyl (C=O) groups excluding carboxylic acids is 1. The van der Waals surface area contributed by atoms with Crippen LogP contribution in [0.5, 0.6) is 0 Å². The van der Waals surface area contributed by atoms with Crippen LogP contribution in [0.15, 0.2) is 54.6 Å². The SMILES string of the molecule is Cc1ccc(NC(=O)NC2CC3CCC(C2)N3Cc2ccccc2)cc1. The molecule has 26 heavy (non-hydrogen) atoms. The number of hydrogen-bond donors (Lipinski definition) is 2. The largest absolute Gasteiger partial charge is 0.335 e. The van der Waals surface area contributed by atoms with Crippen LogP contribution in [0.2, 0.25) is 0 Å². The Kier molecular flexibility index (Phi) is 4.93. The van der Waals surface area contributed by atoms with Crippen molar-refractivity contribution in [2.45, 2.75) is 57.3 Å². The molecule has 4 nitrogen and oxygen atoms in total. The zero-order chi connectivity index (χ0) is 17.9. The second-order valence-corrected chi connectivity index (χ2v) is 7.68. The van der Waals surface area contributed by atoms with Gasteiger partial charge in [-0.15, -0.1) is 0 Å². The van der Waals surface area contributed by atoms with E-state index in [4.69, 9.17) is 0 Å². The molecule has 0 radical (unpaired) electrons. The number of benzene rings is 2. The van der Waals surface area contributed by atoms with Gasteiger partial charge in [0, 0.05) is 30.4 Å². The average Bonchev–Trinajstić information content (AvgIpc) is 2.87. The molecule has 2 aliphatic heterocycles. The van der Waals surface area contributed by atoms with Crippen molar-refractivity contribution < 1.29 is 4.79 Å². The first kappa shape index (κ1) is 17.1. The second-order valence-electron chi connectivity index (χ2n) is 7.68. The maximum Gasteiger partial charge on any atom is 0.319 e. The van der Waals surface area contributed by atoms with Gasteiger partial charge in [-0.3, -0.25) is 4.90 Å². The third-order valence-corrected chi connectivity index (χ3v) is 5.74. The number of rotatable bonds is 4. The van der Waals surface area contributed by atoms with Crippen LogP contribution >= 0.6 is 0 Å². The molecule has 0 aromatic heterocycles. The van der Waals surface area contributed by atoms with Gasteiger partial charge in [0.2, 0.25) is 0 Å². The van der Waals surface area contributed by atoms with Crippen LogP contribution in [0.1, 0.15) is 36.8 Å². The van der Waals surface area contributed by atoms with Crippen LogP contribution < -0.4 is 10.6 Å². The van der Waals surface area contributed by atoms with Crippen LogP contribution in [0.4, 0.5) is 10.5 Å². The summed E-state index contributed by atoms with van der Waals surface area (Å²) in [4.78, 5) is 15.0. The van der Waals surface area contributed by atoms with Crippen molar-refractivity contribution in [2.75, 3.05) is 5.32 Å². The van der Waals surface area contributed by atoms with Gasteiger partial charge >= 0.3 is 6.03 Å². The summed E-state index contributed by atoms with van der Waals surface area (Å²) in [6, 6.07) is 20.0. The summed E-state index contributed by atoms with van der Waals surface area (Å²) in [6.07, 6.45) is 4.58. The summed E-state index contributed by atoms with van der Waals surface area (Å²) < 4.78 is 0. The van der Waals surface area contributed by atoms with E-state index in [1.807, 2.05) is 31.2 Å². The van der Waals surface area contributed by atoms with E-state index in [0.717, 1.165) is 25.1 Å². The molecule has 0 aliphatic carbocycles. The van der Waals surface area contributed by atoms with Crippen molar-refractivity contribution in [2.24, 2.45) is 0 Å². The maximum absolute atomic E-state index is 12.3. The standard InChI is InChI=1S/C22H27N3O/c1-16-7-9-18(10-8-16)23-22(26)24-19-13-20-11-12-21(14-19)25(20)15-17-5-3-2-4-6-17/h2-10,19-21H,11-15H2,1H3,(H2,23,24,26). The van der Waals surface area contributed by atoms with Crippen molar-refractivity contribution >= 4 is 11.7 Å². The zero-order valence-electron chi connectivity index (χ0n) is 15.3. The third-order valence-electron chi connectivity index (χ3n) is 5.74. The van der Waals surface area contributed by atoms with E-state index in [2.05, 4.69) is 45.9 Å². The topological polar surface area (TPSA) is 44.4 Å². The molecule has 4 heteroatoms. The lowest BCUT2D eigenvalue weighted by atomic mass is 9.96. The smallest absolute Gasteiger partial charge is 0.319 e. The Bertz CT molecular complexity index is 730. The van der Waals surface area contributed by atoms with E-state index in [9.17, 15) is 4.79 Å². The van der Waals surface area contributed by atoms with E-state index in [0.29, 0.717) is 12.1 Å². The molecule has 2 atom stereocenters. The Balaban J connectivity index is 1.32. The number of fused-ring (bicyclic) bond motifs is 2. The quantitative estimate of drug-likeness (QED) is 0.864. The summed E-state index contributed by atoms with van der Waals surface area (Å²) in [5.41, 5.74) is 3.42. The lowest BCUT2D eigenvalue weighted by Crippen LogP contribution is -2.50. The fraction of sp³-hybridized carbons (Fsp3) is 0.409. The molecule has 136 valence electrons. The molecule has 2 aromatic carbocycles. The molecule has 2 aromatic rings. The van der Waals surface area contributed by atoms with Crippen molar-refractivity contribution in [3.63, 3.8) is 0 Å². The molecule has 0 saturated carbocycles. The fourth-order valence-electron chi connectivity index (χ4n) is 4.43. The van der Waals surface area contributed by atoms with Gasteiger partial charge < -0.3 is 10.6 Å². The molecule has 2 aliphatic rings. The van der Waals surface area contributed by atoms with E-state index in [-0.39, 0.29) is 12.1 Å². The molecule has 0 spiro atoms. The average molecular weight is 349 g/mol. The van der Waals surface area contributed by atoms with Gasteiger partial charge in [-0.2, -0.15) is 0 Å². The van der Waals surface area contributed by atoms with E-state index < -0.39 is 0 Å². The second kappa shape index (κ2) is 7.50. The summed E-state index contributed by atoms with van der Waals surface area (Å²) in [6.45, 7) is 3.07. The first-order chi connectivity index (χ1) is 12.7. The van der Waals surface area contributed by atoms with E-state index >= 15 is 0 Å². The number of hydrogen-bond acceptors (Lipinski definition) is 2. The Morgan fingerprint density at radius 2 is 1.65 bits per heavy atom. The summed E-state index contributed by atoms with van der Waals surface area (Å²) >= 11 is 0. The number of nitrogens with one attached hydrogen (secondary N) is 2. The summed E-state index contributed by atoms with van der Waals surface area (Å²) in [7, 11) is 0. The zero-order valence-corrected chi connectivity index (χ0v) is 15.3. The molecular weight excluding hydrogens is 322 g/mol. The lowest BCUT2D eigenvalue weighted by molar-refractivity contribution is 0.112. The Morgan fingerprint density at radius 1 is 1.00 bits per heavy atom.